The van der Waals surface area contributed by atoms with E-state index in [-0.39, 0.29) is 0 Å². The molecule has 0 fully saturated rings. The number of benzene rings is 1. The van der Waals surface area contributed by atoms with Gasteiger partial charge >= 0.3 is 0 Å². The SMILES string of the molecule is CCCCCCCCCCCC1CCc2cc(Br)ccc2O1. The van der Waals surface area contributed by atoms with Gasteiger partial charge in [-0.05, 0) is 49.4 Å². The van der Waals surface area contributed by atoms with Crippen molar-refractivity contribution in [2.75, 3.05) is 0 Å². The molecule has 0 saturated carbocycles. The maximum atomic E-state index is 6.14. The molecule has 1 heterocycles. The molecule has 22 heavy (non-hydrogen) atoms. The quantitative estimate of drug-likeness (QED) is 0.402. The second-order valence-corrected chi connectivity index (χ2v) is 7.56. The Kier molecular flexibility index (Phi) is 8.36. The van der Waals surface area contributed by atoms with Crippen molar-refractivity contribution in [2.24, 2.45) is 0 Å². The first-order chi connectivity index (χ1) is 10.8. The molecule has 2 heteroatoms. The molecule has 0 bridgehead atoms. The van der Waals surface area contributed by atoms with Crippen LogP contribution in [0.1, 0.15) is 83.1 Å². The van der Waals surface area contributed by atoms with Gasteiger partial charge in [-0.15, -0.1) is 0 Å². The maximum Gasteiger partial charge on any atom is 0.122 e. The number of hydrogen-bond acceptors (Lipinski definition) is 1. The van der Waals surface area contributed by atoms with Crippen LogP contribution in [0.15, 0.2) is 22.7 Å². The van der Waals surface area contributed by atoms with Gasteiger partial charge in [-0.2, -0.15) is 0 Å². The second kappa shape index (κ2) is 10.3. The number of rotatable bonds is 10. The third kappa shape index (κ3) is 6.32. The van der Waals surface area contributed by atoms with Crippen molar-refractivity contribution in [3.05, 3.63) is 28.2 Å². The zero-order valence-corrected chi connectivity index (χ0v) is 15.7. The number of aryl methyl sites for hydroxylation is 1. The summed E-state index contributed by atoms with van der Waals surface area (Å²) < 4.78 is 7.30. The van der Waals surface area contributed by atoms with Crippen molar-refractivity contribution in [1.82, 2.24) is 0 Å². The summed E-state index contributed by atoms with van der Waals surface area (Å²) in [6.07, 6.45) is 16.6. The summed E-state index contributed by atoms with van der Waals surface area (Å²) in [6.45, 7) is 2.28. The van der Waals surface area contributed by atoms with Crippen LogP contribution in [0.2, 0.25) is 0 Å². The standard InChI is InChI=1S/C20H31BrO/c1-2-3-4-5-6-7-8-9-10-11-19-14-12-17-16-18(21)13-15-20(17)22-19/h13,15-16,19H,2-12,14H2,1H3. The summed E-state index contributed by atoms with van der Waals surface area (Å²) in [5.74, 6) is 1.11. The smallest absolute Gasteiger partial charge is 0.122 e. The normalized spacial score (nSPS) is 17.1. The summed E-state index contributed by atoms with van der Waals surface area (Å²) >= 11 is 3.54. The molecule has 124 valence electrons. The molecule has 1 atom stereocenters. The average molecular weight is 367 g/mol. The summed E-state index contributed by atoms with van der Waals surface area (Å²) in [4.78, 5) is 0. The van der Waals surface area contributed by atoms with Gasteiger partial charge in [0.25, 0.3) is 0 Å². The molecule has 1 unspecified atom stereocenters. The summed E-state index contributed by atoms with van der Waals surface area (Å²) in [5, 5.41) is 0. The number of unbranched alkanes of at least 4 members (excludes halogenated alkanes) is 8. The van der Waals surface area contributed by atoms with Gasteiger partial charge in [-0.25, -0.2) is 0 Å². The van der Waals surface area contributed by atoms with E-state index in [4.69, 9.17) is 4.74 Å². The fourth-order valence-corrected chi connectivity index (χ4v) is 3.71. The lowest BCUT2D eigenvalue weighted by molar-refractivity contribution is 0.160. The Morgan fingerprint density at radius 1 is 1.00 bits per heavy atom. The van der Waals surface area contributed by atoms with E-state index in [0.717, 1.165) is 16.6 Å². The Morgan fingerprint density at radius 3 is 2.41 bits per heavy atom. The van der Waals surface area contributed by atoms with Crippen molar-refractivity contribution in [1.29, 1.82) is 0 Å². The van der Waals surface area contributed by atoms with E-state index >= 15 is 0 Å². The fourth-order valence-electron chi connectivity index (χ4n) is 3.30. The van der Waals surface area contributed by atoms with Crippen LogP contribution in [0.3, 0.4) is 0 Å². The molecule has 1 aliphatic heterocycles. The van der Waals surface area contributed by atoms with Crippen molar-refractivity contribution in [2.45, 2.75) is 90.1 Å². The van der Waals surface area contributed by atoms with Crippen LogP contribution in [0, 0.1) is 0 Å². The molecule has 0 aromatic heterocycles. The van der Waals surface area contributed by atoms with E-state index in [9.17, 15) is 0 Å². The lowest BCUT2D eigenvalue weighted by Gasteiger charge is -2.26. The van der Waals surface area contributed by atoms with Gasteiger partial charge in [-0.1, -0.05) is 74.2 Å². The Bertz CT molecular complexity index is 430. The molecule has 1 aliphatic rings. The Hall–Kier alpha value is -0.500. The third-order valence-electron chi connectivity index (χ3n) is 4.68. The Morgan fingerprint density at radius 2 is 1.68 bits per heavy atom. The van der Waals surface area contributed by atoms with E-state index in [1.54, 1.807) is 0 Å². The number of fused-ring (bicyclic) bond motifs is 1. The van der Waals surface area contributed by atoms with E-state index in [2.05, 4.69) is 41.1 Å². The van der Waals surface area contributed by atoms with E-state index in [1.807, 2.05) is 0 Å². The monoisotopic (exact) mass is 366 g/mol. The minimum Gasteiger partial charge on any atom is -0.490 e. The molecule has 0 radical (unpaired) electrons. The molecule has 1 nitrogen and oxygen atoms in total. The van der Waals surface area contributed by atoms with E-state index < -0.39 is 0 Å². The van der Waals surface area contributed by atoms with Gasteiger partial charge in [0.1, 0.15) is 5.75 Å². The lowest BCUT2D eigenvalue weighted by atomic mass is 9.98. The molecule has 0 aliphatic carbocycles. The van der Waals surface area contributed by atoms with Crippen LogP contribution >= 0.6 is 15.9 Å². The first-order valence-corrected chi connectivity index (χ1v) is 10.0. The Balaban J connectivity index is 1.53. The summed E-state index contributed by atoms with van der Waals surface area (Å²) in [6, 6.07) is 6.39. The van der Waals surface area contributed by atoms with Gasteiger partial charge in [0.15, 0.2) is 0 Å². The molecule has 0 spiro atoms. The van der Waals surface area contributed by atoms with Gasteiger partial charge in [0.2, 0.25) is 0 Å². The van der Waals surface area contributed by atoms with Gasteiger partial charge in [0, 0.05) is 4.47 Å². The molecule has 2 rings (SSSR count). The zero-order chi connectivity index (χ0) is 15.6. The van der Waals surface area contributed by atoms with Crippen molar-refractivity contribution in [3.8, 4) is 5.75 Å². The maximum absolute atomic E-state index is 6.14. The minimum atomic E-state index is 0.443. The van der Waals surface area contributed by atoms with Crippen molar-refractivity contribution in [3.63, 3.8) is 0 Å². The fraction of sp³-hybridized carbons (Fsp3) is 0.700. The average Bonchev–Trinajstić information content (AvgIpc) is 2.53. The van der Waals surface area contributed by atoms with Crippen LogP contribution in [0.25, 0.3) is 0 Å². The predicted octanol–water partition coefficient (Wildman–Crippen LogP) is 7.06. The van der Waals surface area contributed by atoms with Gasteiger partial charge in [-0.3, -0.25) is 0 Å². The Labute approximate surface area is 145 Å². The molecule has 1 aromatic rings. The molecular weight excluding hydrogens is 336 g/mol. The molecule has 1 aromatic carbocycles. The van der Waals surface area contributed by atoms with Crippen LogP contribution in [-0.2, 0) is 6.42 Å². The minimum absolute atomic E-state index is 0.443. The highest BCUT2D eigenvalue weighted by atomic mass is 79.9. The topological polar surface area (TPSA) is 9.23 Å². The lowest BCUT2D eigenvalue weighted by Crippen LogP contribution is -2.22. The first kappa shape index (κ1) is 17.8. The highest BCUT2D eigenvalue weighted by molar-refractivity contribution is 9.10. The zero-order valence-electron chi connectivity index (χ0n) is 14.1. The molecular formula is C20H31BrO. The van der Waals surface area contributed by atoms with Crippen LogP contribution in [0.4, 0.5) is 0 Å². The molecule has 0 saturated heterocycles. The van der Waals surface area contributed by atoms with E-state index in [0.29, 0.717) is 6.10 Å². The van der Waals surface area contributed by atoms with Crippen molar-refractivity contribution < 1.29 is 4.74 Å². The van der Waals surface area contributed by atoms with Crippen LogP contribution in [0.5, 0.6) is 5.75 Å². The first-order valence-electron chi connectivity index (χ1n) is 9.24. The second-order valence-electron chi connectivity index (χ2n) is 6.65. The number of halogens is 1. The summed E-state index contributed by atoms with van der Waals surface area (Å²) in [5.41, 5.74) is 1.36. The molecule has 0 amide bonds. The summed E-state index contributed by atoms with van der Waals surface area (Å²) in [7, 11) is 0. The van der Waals surface area contributed by atoms with Gasteiger partial charge < -0.3 is 4.74 Å². The molecule has 0 N–H and O–H groups in total. The highest BCUT2D eigenvalue weighted by Gasteiger charge is 2.19. The number of hydrogen-bond donors (Lipinski definition) is 0. The van der Waals surface area contributed by atoms with E-state index in [1.165, 1.54) is 76.2 Å². The van der Waals surface area contributed by atoms with Crippen molar-refractivity contribution >= 4 is 15.9 Å². The van der Waals surface area contributed by atoms with Crippen LogP contribution in [-0.4, -0.2) is 6.10 Å². The highest BCUT2D eigenvalue weighted by Crippen LogP contribution is 2.31. The number of ether oxygens (including phenoxy) is 1. The van der Waals surface area contributed by atoms with Crippen LogP contribution < -0.4 is 4.74 Å². The largest absolute Gasteiger partial charge is 0.490 e. The van der Waals surface area contributed by atoms with Gasteiger partial charge in [0.05, 0.1) is 6.10 Å². The predicted molar refractivity (Wildman–Crippen MR) is 98.7 cm³/mol. The third-order valence-corrected chi connectivity index (χ3v) is 5.17.